The first-order valence-corrected chi connectivity index (χ1v) is 7.26. The molecule has 7 nitrogen and oxygen atoms in total. The monoisotopic (exact) mass is 312 g/mol. The predicted octanol–water partition coefficient (Wildman–Crippen LogP) is -0.241. The summed E-state index contributed by atoms with van der Waals surface area (Å²) >= 11 is 0. The van der Waals surface area contributed by atoms with Gasteiger partial charge in [0.15, 0.2) is 23.6 Å². The Hall–Kier alpha value is -1.38. The fourth-order valence-corrected chi connectivity index (χ4v) is 3.06. The Kier molecular flexibility index (Phi) is 3.78. The average molecular weight is 312 g/mol. The molecule has 2 fully saturated rings. The van der Waals surface area contributed by atoms with Crippen molar-refractivity contribution in [1.29, 1.82) is 0 Å². The summed E-state index contributed by atoms with van der Waals surface area (Å²) in [5.74, 6) is 0.473. The van der Waals surface area contributed by atoms with Crippen LogP contribution in [0, 0.1) is 0 Å². The fourth-order valence-electron chi connectivity index (χ4n) is 3.06. The summed E-state index contributed by atoms with van der Waals surface area (Å²) in [6.45, 7) is 1.79. The molecule has 0 amide bonds. The van der Waals surface area contributed by atoms with Gasteiger partial charge in [-0.15, -0.1) is 0 Å². The van der Waals surface area contributed by atoms with E-state index >= 15 is 0 Å². The number of phenols is 1. The Morgan fingerprint density at radius 2 is 1.95 bits per heavy atom. The Labute approximate surface area is 127 Å². The fraction of sp³-hybridized carbons (Fsp3) is 0.600. The number of hydrogen-bond donors (Lipinski definition) is 4. The zero-order valence-corrected chi connectivity index (χ0v) is 12.2. The summed E-state index contributed by atoms with van der Waals surface area (Å²) in [5.41, 5.74) is -3.08. The number of rotatable bonds is 6. The maximum atomic E-state index is 10.6. The Bertz CT molecular complexity index is 533. The molecule has 22 heavy (non-hydrogen) atoms. The van der Waals surface area contributed by atoms with Crippen LogP contribution in [0.25, 0.3) is 0 Å². The highest BCUT2D eigenvalue weighted by Gasteiger charge is 2.86. The molecule has 5 atom stereocenters. The molecule has 4 N–H and O–H groups in total. The van der Waals surface area contributed by atoms with Crippen molar-refractivity contribution in [2.75, 3.05) is 13.2 Å². The van der Waals surface area contributed by atoms with E-state index in [1.807, 2.05) is 6.92 Å². The minimum absolute atomic E-state index is 0.0859. The third-order valence-corrected chi connectivity index (χ3v) is 4.36. The van der Waals surface area contributed by atoms with E-state index < -0.39 is 36.3 Å². The summed E-state index contributed by atoms with van der Waals surface area (Å²) < 4.78 is 16.4. The molecule has 0 bridgehead atoms. The van der Waals surface area contributed by atoms with Gasteiger partial charge in [0.05, 0.1) is 6.61 Å². The van der Waals surface area contributed by atoms with Crippen molar-refractivity contribution in [1.82, 2.24) is 0 Å². The molecule has 1 saturated heterocycles. The molecule has 1 aromatic rings. The summed E-state index contributed by atoms with van der Waals surface area (Å²) in [4.78, 5) is 0. The van der Waals surface area contributed by atoms with Crippen molar-refractivity contribution in [3.8, 4) is 11.5 Å². The van der Waals surface area contributed by atoms with E-state index in [4.69, 9.17) is 14.2 Å². The summed E-state index contributed by atoms with van der Waals surface area (Å²) in [5, 5.41) is 39.7. The third-order valence-electron chi connectivity index (χ3n) is 4.36. The Balaban J connectivity index is 1.74. The first kappa shape index (κ1) is 15.5. The maximum absolute atomic E-state index is 10.6. The molecular formula is C15H20O7. The van der Waals surface area contributed by atoms with Gasteiger partial charge in [-0.05, 0) is 30.7 Å². The number of aliphatic hydroxyl groups is 3. The van der Waals surface area contributed by atoms with Crippen LogP contribution in [0.4, 0.5) is 0 Å². The molecule has 0 radical (unpaired) electrons. The topological polar surface area (TPSA) is 109 Å². The van der Waals surface area contributed by atoms with Crippen molar-refractivity contribution in [2.45, 2.75) is 43.0 Å². The van der Waals surface area contributed by atoms with E-state index in [1.54, 1.807) is 0 Å². The molecule has 0 aromatic heterocycles. The Morgan fingerprint density at radius 1 is 1.27 bits per heavy atom. The van der Waals surface area contributed by atoms with Crippen LogP contribution >= 0.6 is 0 Å². The summed E-state index contributed by atoms with van der Waals surface area (Å²) in [6, 6.07) is 5.92. The third kappa shape index (κ3) is 1.87. The molecule has 1 heterocycles. The number of aromatic hydroxyl groups is 1. The first-order chi connectivity index (χ1) is 10.5. The molecule has 1 aliphatic heterocycles. The van der Waals surface area contributed by atoms with E-state index in [0.717, 1.165) is 6.42 Å². The van der Waals surface area contributed by atoms with Gasteiger partial charge in [0, 0.05) is 6.61 Å². The van der Waals surface area contributed by atoms with E-state index in [0.29, 0.717) is 12.4 Å². The van der Waals surface area contributed by atoms with E-state index in [-0.39, 0.29) is 5.75 Å². The predicted molar refractivity (Wildman–Crippen MR) is 74.4 cm³/mol. The number of hydrogen-bond acceptors (Lipinski definition) is 7. The van der Waals surface area contributed by atoms with Crippen LogP contribution in [0.1, 0.15) is 13.3 Å². The normalized spacial score (nSPS) is 39.5. The van der Waals surface area contributed by atoms with Crippen LogP contribution in [0.2, 0.25) is 0 Å². The lowest BCUT2D eigenvalue weighted by Gasteiger charge is -2.71. The molecule has 122 valence electrons. The van der Waals surface area contributed by atoms with Crippen LogP contribution < -0.4 is 4.74 Å². The molecule has 7 heteroatoms. The number of phenolic OH excluding ortho intramolecular Hbond substituents is 1. The molecule has 2 aliphatic rings. The van der Waals surface area contributed by atoms with Gasteiger partial charge in [-0.25, -0.2) is 0 Å². The molecule has 3 unspecified atom stereocenters. The second-order valence-electron chi connectivity index (χ2n) is 5.67. The molecule has 0 spiro atoms. The molecule has 1 aliphatic carbocycles. The summed E-state index contributed by atoms with van der Waals surface area (Å²) in [6.07, 6.45) is -2.40. The number of aliphatic hydroxyl groups excluding tert-OH is 2. The average Bonchev–Trinajstić information content (AvgIpc) is 2.53. The van der Waals surface area contributed by atoms with Crippen molar-refractivity contribution >= 4 is 0 Å². The van der Waals surface area contributed by atoms with Crippen LogP contribution in [0.15, 0.2) is 24.3 Å². The second kappa shape index (κ2) is 5.36. The van der Waals surface area contributed by atoms with E-state index in [2.05, 4.69) is 0 Å². The van der Waals surface area contributed by atoms with Crippen LogP contribution in [-0.2, 0) is 9.47 Å². The summed E-state index contributed by atoms with van der Waals surface area (Å²) in [7, 11) is 0. The zero-order valence-electron chi connectivity index (χ0n) is 12.2. The standard InChI is InChI=1S/C15H20O7/c1-2-7-20-13-15(19)11(18)12(14(15,8-16)22-13)21-10-5-3-9(17)4-6-10/h3-6,11-13,16-19H,2,7-8H2,1H3/t11?,12-,13+,14?,15?/m1/s1. The van der Waals surface area contributed by atoms with Gasteiger partial charge >= 0.3 is 0 Å². The second-order valence-corrected chi connectivity index (χ2v) is 5.67. The van der Waals surface area contributed by atoms with Crippen LogP contribution in [0.5, 0.6) is 11.5 Å². The first-order valence-electron chi connectivity index (χ1n) is 7.26. The quantitative estimate of drug-likeness (QED) is 0.574. The molecule has 3 rings (SSSR count). The number of ether oxygens (including phenoxy) is 3. The molecule has 1 aromatic carbocycles. The van der Waals surface area contributed by atoms with Crippen LogP contribution in [-0.4, -0.2) is 63.3 Å². The lowest BCUT2D eigenvalue weighted by molar-refractivity contribution is -0.519. The van der Waals surface area contributed by atoms with Crippen molar-refractivity contribution in [2.24, 2.45) is 0 Å². The van der Waals surface area contributed by atoms with E-state index in [1.165, 1.54) is 24.3 Å². The van der Waals surface area contributed by atoms with Gasteiger partial charge in [-0.2, -0.15) is 0 Å². The minimum atomic E-state index is -1.68. The lowest BCUT2D eigenvalue weighted by Crippen LogP contribution is -2.96. The van der Waals surface area contributed by atoms with Gasteiger partial charge in [-0.3, -0.25) is 0 Å². The van der Waals surface area contributed by atoms with Gasteiger partial charge in [-0.1, -0.05) is 6.92 Å². The molecule has 1 saturated carbocycles. The van der Waals surface area contributed by atoms with Crippen LogP contribution in [0.3, 0.4) is 0 Å². The number of benzene rings is 1. The largest absolute Gasteiger partial charge is 0.508 e. The highest BCUT2D eigenvalue weighted by Crippen LogP contribution is 2.58. The maximum Gasteiger partial charge on any atom is 0.193 e. The van der Waals surface area contributed by atoms with Crippen molar-refractivity contribution < 1.29 is 34.6 Å². The highest BCUT2D eigenvalue weighted by atomic mass is 16.8. The minimum Gasteiger partial charge on any atom is -0.508 e. The smallest absolute Gasteiger partial charge is 0.193 e. The molecular weight excluding hydrogens is 292 g/mol. The SMILES string of the molecule is CCCO[C@H]1OC2(CO)[C@H](Oc3ccc(O)cc3)C(O)C12O. The zero-order chi connectivity index (χ0) is 16.0. The number of fused-ring (bicyclic) bond motifs is 1. The Morgan fingerprint density at radius 3 is 2.55 bits per heavy atom. The lowest BCUT2D eigenvalue weighted by atomic mass is 9.56. The van der Waals surface area contributed by atoms with Crippen molar-refractivity contribution in [3.05, 3.63) is 24.3 Å². The van der Waals surface area contributed by atoms with Gasteiger partial charge < -0.3 is 34.6 Å². The van der Waals surface area contributed by atoms with Gasteiger partial charge in [0.25, 0.3) is 0 Å². The van der Waals surface area contributed by atoms with Crippen molar-refractivity contribution in [3.63, 3.8) is 0 Å². The van der Waals surface area contributed by atoms with Gasteiger partial charge in [0.1, 0.15) is 17.6 Å². The van der Waals surface area contributed by atoms with E-state index in [9.17, 15) is 20.4 Å². The van der Waals surface area contributed by atoms with Gasteiger partial charge in [0.2, 0.25) is 0 Å². The highest BCUT2D eigenvalue weighted by molar-refractivity contribution is 5.35.